The summed E-state index contributed by atoms with van der Waals surface area (Å²) in [5, 5.41) is 3.13. The number of nitrogens with zero attached hydrogens (tertiary/aromatic N) is 1. The van der Waals surface area contributed by atoms with E-state index in [2.05, 4.69) is 5.32 Å². The first-order valence-corrected chi connectivity index (χ1v) is 11.2. The molecule has 0 aromatic heterocycles. The van der Waals surface area contributed by atoms with Crippen molar-refractivity contribution in [3.8, 4) is 0 Å². The van der Waals surface area contributed by atoms with Crippen molar-refractivity contribution >= 4 is 21.6 Å². The molecule has 0 spiro atoms. The van der Waals surface area contributed by atoms with Crippen molar-refractivity contribution in [3.05, 3.63) is 59.7 Å². The van der Waals surface area contributed by atoms with Crippen molar-refractivity contribution in [2.24, 2.45) is 11.8 Å². The van der Waals surface area contributed by atoms with Crippen LogP contribution >= 0.6 is 0 Å². The Hall–Kier alpha value is -2.34. The van der Waals surface area contributed by atoms with E-state index in [9.17, 15) is 13.2 Å². The topological polar surface area (TPSA) is 66.5 Å². The molecule has 2 saturated carbocycles. The van der Waals surface area contributed by atoms with Gasteiger partial charge in [0.25, 0.3) is 15.9 Å². The van der Waals surface area contributed by atoms with Crippen LogP contribution in [0.25, 0.3) is 0 Å². The molecular formula is C22H26N2O3S. The van der Waals surface area contributed by atoms with E-state index in [1.165, 1.54) is 42.7 Å². The number of hydrogen-bond donors (Lipinski definition) is 1. The highest BCUT2D eigenvalue weighted by Crippen LogP contribution is 2.44. The zero-order chi connectivity index (χ0) is 19.9. The van der Waals surface area contributed by atoms with E-state index < -0.39 is 10.0 Å². The van der Waals surface area contributed by atoms with Crippen LogP contribution in [0.3, 0.4) is 0 Å². The van der Waals surface area contributed by atoms with Crippen LogP contribution in [0.1, 0.15) is 41.6 Å². The van der Waals surface area contributed by atoms with Crippen LogP contribution in [-0.4, -0.2) is 27.4 Å². The maximum Gasteiger partial charge on any atom is 0.264 e. The van der Waals surface area contributed by atoms with E-state index in [0.29, 0.717) is 17.2 Å². The van der Waals surface area contributed by atoms with Crippen LogP contribution in [-0.2, 0) is 10.0 Å². The molecule has 4 rings (SSSR count). The average Bonchev–Trinajstić information content (AvgIpc) is 3.30. The first-order valence-electron chi connectivity index (χ1n) is 9.81. The molecule has 1 N–H and O–H groups in total. The monoisotopic (exact) mass is 398 g/mol. The molecule has 1 amide bonds. The molecule has 0 saturated heterocycles. The van der Waals surface area contributed by atoms with Gasteiger partial charge >= 0.3 is 0 Å². The van der Waals surface area contributed by atoms with E-state index in [1.807, 2.05) is 25.1 Å². The minimum atomic E-state index is -3.75. The molecule has 2 aromatic rings. The van der Waals surface area contributed by atoms with E-state index >= 15 is 0 Å². The lowest BCUT2D eigenvalue weighted by molar-refractivity contribution is 0.0922. The number of hydrogen-bond acceptors (Lipinski definition) is 3. The van der Waals surface area contributed by atoms with Crippen LogP contribution < -0.4 is 9.62 Å². The fourth-order valence-corrected chi connectivity index (χ4v) is 5.83. The fourth-order valence-electron chi connectivity index (χ4n) is 4.59. The summed E-state index contributed by atoms with van der Waals surface area (Å²) in [7, 11) is -2.21. The molecule has 2 fully saturated rings. The minimum absolute atomic E-state index is 0.122. The Labute approximate surface area is 166 Å². The third-order valence-electron chi connectivity index (χ3n) is 6.17. The summed E-state index contributed by atoms with van der Waals surface area (Å²) >= 11 is 0. The maximum absolute atomic E-state index is 13.1. The highest BCUT2D eigenvalue weighted by molar-refractivity contribution is 7.92. The van der Waals surface area contributed by atoms with Crippen molar-refractivity contribution in [3.63, 3.8) is 0 Å². The van der Waals surface area contributed by atoms with Crippen molar-refractivity contribution in [2.75, 3.05) is 11.4 Å². The summed E-state index contributed by atoms with van der Waals surface area (Å²) in [6.45, 7) is 1.92. The quantitative estimate of drug-likeness (QED) is 0.834. The second kappa shape index (κ2) is 7.24. The summed E-state index contributed by atoms with van der Waals surface area (Å²) in [5.41, 5.74) is 1.97. The Kier molecular flexibility index (Phi) is 4.91. The lowest BCUT2D eigenvalue weighted by Gasteiger charge is -2.23. The standard InChI is InChI=1S/C22H26N2O3S/c1-15-5-3-7-19(11-15)24(2)28(26,27)20-8-4-6-18(14-20)22(25)23-21-13-16-9-10-17(21)12-16/h3-8,11,14,16-17,21H,9-10,12-13H2,1-2H3,(H,23,25)/t16-,17-,21+/m0/s1. The number of rotatable bonds is 5. The molecule has 0 heterocycles. The zero-order valence-electron chi connectivity index (χ0n) is 16.3. The number of nitrogens with one attached hydrogen (secondary N) is 1. The predicted octanol–water partition coefficient (Wildman–Crippen LogP) is 3.74. The third-order valence-corrected chi connectivity index (χ3v) is 7.96. The lowest BCUT2D eigenvalue weighted by Crippen LogP contribution is -2.38. The molecule has 2 aliphatic rings. The Morgan fingerprint density at radius 3 is 2.54 bits per heavy atom. The SMILES string of the molecule is Cc1cccc(N(C)S(=O)(=O)c2cccc(C(=O)N[C@@H]3C[C@H]4CC[C@H]3C4)c2)c1. The molecule has 0 unspecified atom stereocenters. The van der Waals surface area contributed by atoms with E-state index in [0.717, 1.165) is 17.9 Å². The van der Waals surface area contributed by atoms with Gasteiger partial charge in [-0.15, -0.1) is 0 Å². The normalized spacial score (nSPS) is 23.6. The number of carbonyl (C=O) groups is 1. The molecule has 148 valence electrons. The van der Waals surface area contributed by atoms with Gasteiger partial charge in [0.2, 0.25) is 0 Å². The van der Waals surface area contributed by atoms with Gasteiger partial charge in [-0.3, -0.25) is 9.10 Å². The van der Waals surface area contributed by atoms with E-state index in [4.69, 9.17) is 0 Å². The molecule has 0 aliphatic heterocycles. The summed E-state index contributed by atoms with van der Waals surface area (Å²) in [4.78, 5) is 12.8. The van der Waals surface area contributed by atoms with Gasteiger partial charge in [0.1, 0.15) is 0 Å². The Balaban J connectivity index is 1.54. The molecular weight excluding hydrogens is 372 g/mol. The largest absolute Gasteiger partial charge is 0.349 e. The number of amides is 1. The van der Waals surface area contributed by atoms with Crippen molar-refractivity contribution in [1.29, 1.82) is 0 Å². The van der Waals surface area contributed by atoms with Crippen LogP contribution in [0.15, 0.2) is 53.4 Å². The smallest absolute Gasteiger partial charge is 0.264 e. The second-order valence-electron chi connectivity index (χ2n) is 8.09. The molecule has 2 aromatic carbocycles. The van der Waals surface area contributed by atoms with Gasteiger partial charge in [-0.1, -0.05) is 24.6 Å². The lowest BCUT2D eigenvalue weighted by atomic mass is 9.95. The zero-order valence-corrected chi connectivity index (χ0v) is 17.1. The summed E-state index contributed by atoms with van der Waals surface area (Å²) in [6.07, 6.45) is 4.71. The molecule has 2 bridgehead atoms. The molecule has 6 heteroatoms. The van der Waals surface area contributed by atoms with E-state index in [1.54, 1.807) is 18.2 Å². The summed E-state index contributed by atoms with van der Waals surface area (Å²) < 4.78 is 27.4. The highest BCUT2D eigenvalue weighted by atomic mass is 32.2. The van der Waals surface area contributed by atoms with Crippen LogP contribution in [0.5, 0.6) is 0 Å². The molecule has 3 atom stereocenters. The van der Waals surface area contributed by atoms with Crippen molar-refractivity contribution in [1.82, 2.24) is 5.32 Å². The van der Waals surface area contributed by atoms with Gasteiger partial charge in [-0.05, 0) is 73.9 Å². The van der Waals surface area contributed by atoms with Crippen LogP contribution in [0, 0.1) is 18.8 Å². The number of carbonyl (C=O) groups excluding carboxylic acids is 1. The van der Waals surface area contributed by atoms with Gasteiger partial charge in [0.15, 0.2) is 0 Å². The van der Waals surface area contributed by atoms with Gasteiger partial charge < -0.3 is 5.32 Å². The summed E-state index contributed by atoms with van der Waals surface area (Å²) in [5.74, 6) is 1.13. The van der Waals surface area contributed by atoms with Crippen LogP contribution in [0.2, 0.25) is 0 Å². The number of fused-ring (bicyclic) bond motifs is 2. The van der Waals surface area contributed by atoms with Gasteiger partial charge in [0, 0.05) is 18.7 Å². The first-order chi connectivity index (χ1) is 13.3. The number of benzene rings is 2. The number of anilines is 1. The molecule has 2 aliphatic carbocycles. The Bertz CT molecular complexity index is 1000. The van der Waals surface area contributed by atoms with Gasteiger partial charge in [-0.25, -0.2) is 8.42 Å². The van der Waals surface area contributed by atoms with Crippen LogP contribution in [0.4, 0.5) is 5.69 Å². The maximum atomic E-state index is 13.1. The Morgan fingerprint density at radius 1 is 1.07 bits per heavy atom. The van der Waals surface area contributed by atoms with Crippen molar-refractivity contribution in [2.45, 2.75) is 43.5 Å². The number of aryl methyl sites for hydroxylation is 1. The molecule has 5 nitrogen and oxygen atoms in total. The number of sulfonamides is 1. The highest BCUT2D eigenvalue weighted by Gasteiger charge is 2.40. The fraction of sp³-hybridized carbons (Fsp3) is 0.409. The van der Waals surface area contributed by atoms with Gasteiger partial charge in [0.05, 0.1) is 10.6 Å². The molecule has 28 heavy (non-hydrogen) atoms. The summed E-state index contributed by atoms with van der Waals surface area (Å²) in [6, 6.07) is 13.9. The first kappa shape index (κ1) is 19.0. The van der Waals surface area contributed by atoms with Crippen molar-refractivity contribution < 1.29 is 13.2 Å². The Morgan fingerprint density at radius 2 is 1.86 bits per heavy atom. The third kappa shape index (κ3) is 3.53. The second-order valence-corrected chi connectivity index (χ2v) is 10.1. The average molecular weight is 399 g/mol. The predicted molar refractivity (Wildman–Crippen MR) is 110 cm³/mol. The van der Waals surface area contributed by atoms with E-state index in [-0.39, 0.29) is 16.8 Å². The molecule has 0 radical (unpaired) electrons. The van der Waals surface area contributed by atoms with Gasteiger partial charge in [-0.2, -0.15) is 0 Å². The minimum Gasteiger partial charge on any atom is -0.349 e.